The maximum atomic E-state index is 12.7. The van der Waals surface area contributed by atoms with Crippen molar-refractivity contribution in [3.8, 4) is 22.4 Å². The average Bonchev–Trinajstić information content (AvgIpc) is 3.17. The Kier molecular flexibility index (Phi) is 5.94. The van der Waals surface area contributed by atoms with Crippen LogP contribution in [0.3, 0.4) is 0 Å². The number of carbonyl (C=O) groups is 1. The fourth-order valence-electron chi connectivity index (χ4n) is 3.75. The minimum atomic E-state index is -0.109. The van der Waals surface area contributed by atoms with Gasteiger partial charge in [-0.05, 0) is 61.6 Å². The quantitative estimate of drug-likeness (QED) is 0.429. The van der Waals surface area contributed by atoms with Crippen molar-refractivity contribution in [1.82, 2.24) is 10.1 Å². The van der Waals surface area contributed by atoms with Crippen LogP contribution in [0, 0.1) is 20.8 Å². The van der Waals surface area contributed by atoms with E-state index in [2.05, 4.69) is 47.5 Å². The van der Waals surface area contributed by atoms with E-state index in [4.69, 9.17) is 4.52 Å². The molecule has 0 bridgehead atoms. The van der Waals surface area contributed by atoms with Gasteiger partial charge in [-0.3, -0.25) is 15.1 Å². The molecule has 2 aromatic carbocycles. The lowest BCUT2D eigenvalue weighted by Gasteiger charge is -2.09. The van der Waals surface area contributed by atoms with Crippen molar-refractivity contribution in [2.45, 2.75) is 33.6 Å². The smallest absolute Gasteiger partial charge is 0.239 e. The van der Waals surface area contributed by atoms with Crippen molar-refractivity contribution in [1.29, 1.82) is 0 Å². The molecule has 0 radical (unpaired) electrons. The van der Waals surface area contributed by atoms with Crippen LogP contribution in [0.2, 0.25) is 0 Å². The van der Waals surface area contributed by atoms with Crippen LogP contribution in [0.1, 0.15) is 28.7 Å². The lowest BCUT2D eigenvalue weighted by Crippen LogP contribution is -2.12. The summed E-state index contributed by atoms with van der Waals surface area (Å²) in [4.78, 5) is 16.8. The van der Waals surface area contributed by atoms with Crippen LogP contribution in [0.25, 0.3) is 22.4 Å². The van der Waals surface area contributed by atoms with Gasteiger partial charge in [0.1, 0.15) is 5.69 Å². The molecule has 5 heteroatoms. The maximum absolute atomic E-state index is 12.7. The lowest BCUT2D eigenvalue weighted by molar-refractivity contribution is -0.116. The fraction of sp³-hybridized carbons (Fsp3) is 0.192. The number of nitrogens with one attached hydrogen (secondary N) is 1. The summed E-state index contributed by atoms with van der Waals surface area (Å²) >= 11 is 0. The van der Waals surface area contributed by atoms with Gasteiger partial charge in [0, 0.05) is 24.4 Å². The summed E-state index contributed by atoms with van der Waals surface area (Å²) < 4.78 is 5.63. The first-order valence-corrected chi connectivity index (χ1v) is 10.3. The Balaban J connectivity index is 1.64. The monoisotopic (exact) mass is 411 g/mol. The molecule has 0 aliphatic heterocycles. The third-order valence-electron chi connectivity index (χ3n) is 5.43. The van der Waals surface area contributed by atoms with E-state index >= 15 is 0 Å². The molecule has 31 heavy (non-hydrogen) atoms. The molecule has 0 atom stereocenters. The van der Waals surface area contributed by atoms with Gasteiger partial charge >= 0.3 is 0 Å². The average molecular weight is 412 g/mol. The second kappa shape index (κ2) is 8.96. The number of amides is 1. The van der Waals surface area contributed by atoms with E-state index in [0.29, 0.717) is 24.4 Å². The Bertz CT molecular complexity index is 1210. The molecule has 0 saturated carbocycles. The van der Waals surface area contributed by atoms with Crippen molar-refractivity contribution in [3.63, 3.8) is 0 Å². The zero-order valence-corrected chi connectivity index (χ0v) is 18.0. The van der Waals surface area contributed by atoms with E-state index in [9.17, 15) is 4.79 Å². The maximum Gasteiger partial charge on any atom is 0.239 e. The third kappa shape index (κ3) is 4.56. The summed E-state index contributed by atoms with van der Waals surface area (Å²) in [6, 6.07) is 18.1. The molecule has 0 aliphatic carbocycles. The molecular weight excluding hydrogens is 386 g/mol. The molecule has 5 nitrogen and oxygen atoms in total. The first kappa shape index (κ1) is 20.5. The van der Waals surface area contributed by atoms with Crippen molar-refractivity contribution >= 4 is 11.8 Å². The van der Waals surface area contributed by atoms with E-state index < -0.39 is 0 Å². The van der Waals surface area contributed by atoms with E-state index in [-0.39, 0.29) is 5.91 Å². The van der Waals surface area contributed by atoms with Crippen LogP contribution in [-0.2, 0) is 11.2 Å². The Labute approximate surface area is 182 Å². The highest BCUT2D eigenvalue weighted by molar-refractivity contribution is 5.97. The largest absolute Gasteiger partial charge is 0.337 e. The summed E-state index contributed by atoms with van der Waals surface area (Å²) in [5.41, 5.74) is 7.96. The molecule has 2 aromatic heterocycles. The third-order valence-corrected chi connectivity index (χ3v) is 5.43. The van der Waals surface area contributed by atoms with Crippen molar-refractivity contribution in [3.05, 3.63) is 89.2 Å². The predicted molar refractivity (Wildman–Crippen MR) is 123 cm³/mol. The normalized spacial score (nSPS) is 10.8. The number of anilines is 1. The van der Waals surface area contributed by atoms with Crippen LogP contribution in [0.15, 0.2) is 71.5 Å². The number of pyridine rings is 1. The number of rotatable bonds is 6. The Morgan fingerprint density at radius 3 is 2.48 bits per heavy atom. The summed E-state index contributed by atoms with van der Waals surface area (Å²) in [6.07, 6.45) is 4.47. The zero-order chi connectivity index (χ0) is 21.8. The molecule has 1 N–H and O–H groups in total. The van der Waals surface area contributed by atoms with Crippen LogP contribution in [-0.4, -0.2) is 16.0 Å². The van der Waals surface area contributed by atoms with E-state index in [1.165, 1.54) is 16.7 Å². The SMILES string of the molecule is Cc1ccc(-c2noc(NC(=O)CCc3ccccc3C)c2-c2ccncc2)c(C)c1. The van der Waals surface area contributed by atoms with Crippen molar-refractivity contribution < 1.29 is 9.32 Å². The number of aryl methyl sites for hydroxylation is 4. The van der Waals surface area contributed by atoms with Crippen molar-refractivity contribution in [2.24, 2.45) is 0 Å². The van der Waals surface area contributed by atoms with Gasteiger partial charge in [0.2, 0.25) is 11.8 Å². The zero-order valence-electron chi connectivity index (χ0n) is 18.0. The number of aromatic nitrogens is 2. The summed E-state index contributed by atoms with van der Waals surface area (Å²) in [5, 5.41) is 7.26. The van der Waals surface area contributed by atoms with Gasteiger partial charge in [-0.1, -0.05) is 53.2 Å². The molecule has 0 fully saturated rings. The minimum absolute atomic E-state index is 0.109. The molecule has 0 aliphatic rings. The van der Waals surface area contributed by atoms with Crippen LogP contribution >= 0.6 is 0 Å². The highest BCUT2D eigenvalue weighted by Crippen LogP contribution is 2.39. The van der Waals surface area contributed by atoms with E-state index in [1.54, 1.807) is 12.4 Å². The van der Waals surface area contributed by atoms with Gasteiger partial charge in [0.15, 0.2) is 0 Å². The number of hydrogen-bond acceptors (Lipinski definition) is 4. The van der Waals surface area contributed by atoms with Gasteiger partial charge in [-0.2, -0.15) is 0 Å². The molecule has 4 aromatic rings. The first-order chi connectivity index (χ1) is 15.0. The summed E-state index contributed by atoms with van der Waals surface area (Å²) in [5.74, 6) is 0.248. The van der Waals surface area contributed by atoms with Crippen LogP contribution < -0.4 is 5.32 Å². The molecule has 1 amide bonds. The number of hydrogen-bond donors (Lipinski definition) is 1. The van der Waals surface area contributed by atoms with E-state index in [1.807, 2.05) is 43.3 Å². The van der Waals surface area contributed by atoms with Gasteiger partial charge in [0.05, 0.1) is 5.56 Å². The lowest BCUT2D eigenvalue weighted by atomic mass is 9.97. The number of nitrogens with zero attached hydrogens (tertiary/aromatic N) is 2. The molecule has 0 spiro atoms. The molecule has 0 unspecified atom stereocenters. The summed E-state index contributed by atoms with van der Waals surface area (Å²) in [7, 11) is 0. The van der Waals surface area contributed by atoms with Crippen LogP contribution in [0.4, 0.5) is 5.88 Å². The molecule has 0 saturated heterocycles. The second-order valence-corrected chi connectivity index (χ2v) is 7.76. The second-order valence-electron chi connectivity index (χ2n) is 7.76. The Morgan fingerprint density at radius 1 is 0.968 bits per heavy atom. The first-order valence-electron chi connectivity index (χ1n) is 10.3. The van der Waals surface area contributed by atoms with Gasteiger partial charge in [0.25, 0.3) is 0 Å². The van der Waals surface area contributed by atoms with Gasteiger partial charge < -0.3 is 4.52 Å². The molecule has 2 heterocycles. The standard InChI is InChI=1S/C26H25N3O2/c1-17-8-10-22(19(3)16-17)25-24(21-12-14-27-15-13-21)26(31-29-25)28-23(30)11-9-20-7-5-4-6-18(20)2/h4-8,10,12-16H,9,11H2,1-3H3,(H,28,30). The fourth-order valence-corrected chi connectivity index (χ4v) is 3.75. The Morgan fingerprint density at radius 2 is 1.74 bits per heavy atom. The minimum Gasteiger partial charge on any atom is -0.337 e. The topological polar surface area (TPSA) is 68.0 Å². The predicted octanol–water partition coefficient (Wildman–Crippen LogP) is 5.90. The molecule has 4 rings (SSSR count). The number of carbonyl (C=O) groups excluding carboxylic acids is 1. The molecular formula is C26H25N3O2. The Hall–Kier alpha value is -3.73. The van der Waals surface area contributed by atoms with E-state index in [0.717, 1.165) is 22.3 Å². The van der Waals surface area contributed by atoms with Crippen LogP contribution in [0.5, 0.6) is 0 Å². The summed E-state index contributed by atoms with van der Waals surface area (Å²) in [6.45, 7) is 6.17. The molecule has 156 valence electrons. The van der Waals surface area contributed by atoms with Gasteiger partial charge in [-0.25, -0.2) is 0 Å². The van der Waals surface area contributed by atoms with Gasteiger partial charge in [-0.15, -0.1) is 0 Å². The number of benzene rings is 2. The van der Waals surface area contributed by atoms with Crippen molar-refractivity contribution in [2.75, 3.05) is 5.32 Å². The highest BCUT2D eigenvalue weighted by atomic mass is 16.5. The highest BCUT2D eigenvalue weighted by Gasteiger charge is 2.22.